The molecule has 0 aliphatic carbocycles. The Kier molecular flexibility index (Phi) is 70.3. The van der Waals surface area contributed by atoms with E-state index in [-0.39, 0.29) is 25.7 Å². The van der Waals surface area contributed by atoms with E-state index in [9.17, 15) is 43.2 Å². The van der Waals surface area contributed by atoms with Crippen LogP contribution in [0, 0.1) is 11.8 Å². The number of esters is 4. The number of hydrogen-bond acceptors (Lipinski definition) is 15. The monoisotopic (exact) mass is 1450 g/mol. The summed E-state index contributed by atoms with van der Waals surface area (Å²) in [5.41, 5.74) is 0. The maximum absolute atomic E-state index is 13.1. The Hall–Kier alpha value is -1.94. The highest BCUT2D eigenvalue weighted by Gasteiger charge is 2.30. The third kappa shape index (κ3) is 72.8. The molecule has 0 aliphatic rings. The zero-order valence-electron chi connectivity index (χ0n) is 64.8. The van der Waals surface area contributed by atoms with Gasteiger partial charge < -0.3 is 33.8 Å². The van der Waals surface area contributed by atoms with E-state index in [2.05, 4.69) is 41.5 Å². The molecule has 6 atom stereocenters. The van der Waals surface area contributed by atoms with E-state index >= 15 is 0 Å². The van der Waals surface area contributed by atoms with Crippen LogP contribution in [0.4, 0.5) is 0 Å². The normalized spacial score (nSPS) is 14.2. The number of phosphoric ester groups is 2. The first-order valence-electron chi connectivity index (χ1n) is 41.5. The Morgan fingerprint density at radius 3 is 0.768 bits per heavy atom. The lowest BCUT2D eigenvalue weighted by atomic mass is 9.99. The lowest BCUT2D eigenvalue weighted by molar-refractivity contribution is -0.161. The molecule has 0 radical (unpaired) electrons. The van der Waals surface area contributed by atoms with Crippen LogP contribution in [-0.2, 0) is 65.4 Å². The van der Waals surface area contributed by atoms with Crippen LogP contribution in [0.15, 0.2) is 0 Å². The second-order valence-electron chi connectivity index (χ2n) is 29.5. The van der Waals surface area contributed by atoms with Crippen LogP contribution in [0.2, 0.25) is 0 Å². The van der Waals surface area contributed by atoms with Gasteiger partial charge in [-0.3, -0.25) is 37.3 Å². The Balaban J connectivity index is 5.26. The van der Waals surface area contributed by atoms with Crippen molar-refractivity contribution < 1.29 is 80.2 Å². The van der Waals surface area contributed by atoms with Gasteiger partial charge in [-0.25, -0.2) is 9.13 Å². The Labute approximate surface area is 607 Å². The maximum Gasteiger partial charge on any atom is 0.472 e. The van der Waals surface area contributed by atoms with Crippen molar-refractivity contribution in [1.82, 2.24) is 0 Å². The van der Waals surface area contributed by atoms with E-state index in [0.717, 1.165) is 102 Å². The van der Waals surface area contributed by atoms with E-state index in [0.29, 0.717) is 25.7 Å². The Morgan fingerprint density at radius 2 is 0.515 bits per heavy atom. The highest BCUT2D eigenvalue weighted by atomic mass is 31.2. The van der Waals surface area contributed by atoms with Crippen molar-refractivity contribution >= 4 is 39.5 Å². The molecule has 99 heavy (non-hydrogen) atoms. The predicted octanol–water partition coefficient (Wildman–Crippen LogP) is 23.9. The fourth-order valence-electron chi connectivity index (χ4n) is 12.3. The zero-order valence-corrected chi connectivity index (χ0v) is 66.6. The first-order valence-corrected chi connectivity index (χ1v) is 44.5. The second-order valence-corrected chi connectivity index (χ2v) is 32.4. The van der Waals surface area contributed by atoms with E-state index in [1.54, 1.807) is 0 Å². The summed E-state index contributed by atoms with van der Waals surface area (Å²) in [5.74, 6) is -0.488. The number of carbonyl (C=O) groups is 4. The third-order valence-corrected chi connectivity index (χ3v) is 21.0. The molecule has 0 bridgehead atoms. The van der Waals surface area contributed by atoms with Crippen molar-refractivity contribution in [2.24, 2.45) is 11.8 Å². The molecule has 0 rings (SSSR count). The minimum atomic E-state index is -4.96. The van der Waals surface area contributed by atoms with Crippen LogP contribution in [0.1, 0.15) is 420 Å². The summed E-state index contributed by atoms with van der Waals surface area (Å²) in [6.07, 6.45) is 60.8. The van der Waals surface area contributed by atoms with Gasteiger partial charge in [0.1, 0.15) is 19.3 Å². The van der Waals surface area contributed by atoms with E-state index in [1.807, 2.05) is 0 Å². The van der Waals surface area contributed by atoms with Gasteiger partial charge in [-0.05, 0) is 37.5 Å². The number of unbranched alkanes of at least 4 members (excludes halogenated alkanes) is 48. The molecule has 0 aliphatic heterocycles. The third-order valence-electron chi connectivity index (χ3n) is 19.1. The zero-order chi connectivity index (χ0) is 72.8. The highest BCUT2D eigenvalue weighted by molar-refractivity contribution is 7.47. The first-order chi connectivity index (χ1) is 47.9. The summed E-state index contributed by atoms with van der Waals surface area (Å²) in [7, 11) is -9.92. The van der Waals surface area contributed by atoms with Crippen molar-refractivity contribution in [3.8, 4) is 0 Å². The minimum absolute atomic E-state index is 0.108. The van der Waals surface area contributed by atoms with Crippen LogP contribution in [0.5, 0.6) is 0 Å². The van der Waals surface area contributed by atoms with Crippen molar-refractivity contribution in [2.75, 3.05) is 39.6 Å². The SMILES string of the molecule is CCCCCCCCCCCCCCCCC(=O)O[C@H](COC(=O)CCCCCCCCCCCCCC)COP(=O)(O)OC[C@H](O)COP(=O)(O)OC[C@@H](COC(=O)CCCCCCCCCCCCC(C)CC)OC(=O)CCCCCCCCCCCCCCCCCCC(C)C. The average molecular weight is 1450 g/mol. The summed E-state index contributed by atoms with van der Waals surface area (Å²) >= 11 is 0. The molecule has 588 valence electrons. The van der Waals surface area contributed by atoms with Crippen molar-refractivity contribution in [2.45, 2.75) is 439 Å². The van der Waals surface area contributed by atoms with Gasteiger partial charge in [0.2, 0.25) is 0 Å². The van der Waals surface area contributed by atoms with Crippen LogP contribution in [0.3, 0.4) is 0 Å². The number of hydrogen-bond donors (Lipinski definition) is 3. The standard InChI is InChI=1S/C80H156O17P2/c1-7-10-12-14-16-18-20-22-28-32-40-46-52-58-64-79(84)96-75(68-90-77(82)62-56-50-44-38-31-21-19-17-15-13-11-8-2)70-94-98(86,87)92-66-74(81)67-93-99(88,89)95-71-76(69-91-78(83)63-57-51-45-39-35-34-37-43-49-55-61-73(6)9-3)97-80(85)65-59-53-47-41-33-29-26-24-23-25-27-30-36-42-48-54-60-72(4)5/h72-76,81H,7-71H2,1-6H3,(H,86,87)(H,88,89)/t73?,74-,75+,76+/m0/s1. The molecule has 0 spiro atoms. The van der Waals surface area contributed by atoms with Gasteiger partial charge in [0.25, 0.3) is 0 Å². The number of ether oxygens (including phenoxy) is 4. The van der Waals surface area contributed by atoms with Gasteiger partial charge in [0.15, 0.2) is 12.2 Å². The van der Waals surface area contributed by atoms with Gasteiger partial charge in [-0.1, -0.05) is 369 Å². The molecule has 0 aromatic rings. The largest absolute Gasteiger partial charge is 0.472 e. The Morgan fingerprint density at radius 1 is 0.293 bits per heavy atom. The topological polar surface area (TPSA) is 237 Å². The number of rotatable bonds is 79. The van der Waals surface area contributed by atoms with Gasteiger partial charge in [-0.15, -0.1) is 0 Å². The number of carbonyl (C=O) groups excluding carboxylic acids is 4. The molecule has 17 nitrogen and oxygen atoms in total. The van der Waals surface area contributed by atoms with E-state index < -0.39 is 97.5 Å². The van der Waals surface area contributed by atoms with Gasteiger partial charge in [0, 0.05) is 25.7 Å². The molecule has 0 amide bonds. The minimum Gasteiger partial charge on any atom is -0.462 e. The quantitative estimate of drug-likeness (QED) is 0.0222. The van der Waals surface area contributed by atoms with Crippen LogP contribution in [-0.4, -0.2) is 96.7 Å². The van der Waals surface area contributed by atoms with Crippen LogP contribution < -0.4 is 0 Å². The first kappa shape index (κ1) is 97.1. The fourth-order valence-corrected chi connectivity index (χ4v) is 13.9. The summed E-state index contributed by atoms with van der Waals surface area (Å²) < 4.78 is 68.7. The summed E-state index contributed by atoms with van der Waals surface area (Å²) in [6.45, 7) is 9.69. The van der Waals surface area contributed by atoms with Gasteiger partial charge >= 0.3 is 39.5 Å². The number of aliphatic hydroxyl groups is 1. The predicted molar refractivity (Wildman–Crippen MR) is 405 cm³/mol. The molecular weight excluding hydrogens is 1290 g/mol. The van der Waals surface area contributed by atoms with Crippen molar-refractivity contribution in [3.05, 3.63) is 0 Å². The molecular formula is C80H156O17P2. The Bertz CT molecular complexity index is 1910. The second kappa shape index (κ2) is 71.7. The average Bonchev–Trinajstić information content (AvgIpc) is 1.31. The van der Waals surface area contributed by atoms with Gasteiger partial charge in [0.05, 0.1) is 26.4 Å². The summed E-state index contributed by atoms with van der Waals surface area (Å²) in [5, 5.41) is 10.6. The van der Waals surface area contributed by atoms with E-state index in [1.165, 1.54) is 238 Å². The molecule has 0 fully saturated rings. The van der Waals surface area contributed by atoms with E-state index in [4.69, 9.17) is 37.0 Å². The molecule has 19 heteroatoms. The maximum atomic E-state index is 13.1. The highest BCUT2D eigenvalue weighted by Crippen LogP contribution is 2.45. The van der Waals surface area contributed by atoms with Gasteiger partial charge in [-0.2, -0.15) is 0 Å². The summed E-state index contributed by atoms with van der Waals surface area (Å²) in [6, 6.07) is 0. The molecule has 3 unspecified atom stereocenters. The van der Waals surface area contributed by atoms with Crippen LogP contribution in [0.25, 0.3) is 0 Å². The number of aliphatic hydroxyl groups excluding tert-OH is 1. The lowest BCUT2D eigenvalue weighted by Gasteiger charge is -2.21. The van der Waals surface area contributed by atoms with Crippen molar-refractivity contribution in [1.29, 1.82) is 0 Å². The van der Waals surface area contributed by atoms with Crippen molar-refractivity contribution in [3.63, 3.8) is 0 Å². The van der Waals surface area contributed by atoms with Crippen LogP contribution >= 0.6 is 15.6 Å². The molecule has 0 aromatic heterocycles. The molecule has 0 saturated carbocycles. The summed E-state index contributed by atoms with van der Waals surface area (Å²) in [4.78, 5) is 73.0. The smallest absolute Gasteiger partial charge is 0.462 e. The molecule has 0 aromatic carbocycles. The molecule has 3 N–H and O–H groups in total. The molecule has 0 heterocycles. The molecule has 0 saturated heterocycles. The number of phosphoric acid groups is 2. The lowest BCUT2D eigenvalue weighted by Crippen LogP contribution is -2.30. The fraction of sp³-hybridized carbons (Fsp3) is 0.950.